The number of hydrogen-bond donors (Lipinski definition) is 0. The van der Waals surface area contributed by atoms with Gasteiger partial charge in [-0.1, -0.05) is 0 Å². The van der Waals surface area contributed by atoms with Crippen molar-refractivity contribution in [2.75, 3.05) is 7.11 Å². The summed E-state index contributed by atoms with van der Waals surface area (Å²) >= 11 is 3.74. The van der Waals surface area contributed by atoms with Gasteiger partial charge in [-0.2, -0.15) is 5.26 Å². The lowest BCUT2D eigenvalue weighted by molar-refractivity contribution is 0.419. The Morgan fingerprint density at radius 1 is 1.43 bits per heavy atom. The van der Waals surface area contributed by atoms with Gasteiger partial charge in [0.25, 0.3) is 0 Å². The van der Waals surface area contributed by atoms with Gasteiger partial charge in [0, 0.05) is 13.7 Å². The van der Waals surface area contributed by atoms with Gasteiger partial charge in [0.05, 0.1) is 7.11 Å². The van der Waals surface area contributed by atoms with Crippen molar-refractivity contribution in [3.8, 4) is 11.8 Å². The van der Waals surface area contributed by atoms with E-state index >= 15 is 0 Å². The van der Waals surface area contributed by atoms with E-state index in [2.05, 4.69) is 34.7 Å². The van der Waals surface area contributed by atoms with Gasteiger partial charge in [-0.05, 0) is 40.8 Å². The number of fused-ring (bicyclic) bond motifs is 1. The summed E-state index contributed by atoms with van der Waals surface area (Å²) in [4.78, 5) is 0.723. The van der Waals surface area contributed by atoms with E-state index in [-0.39, 0.29) is 0 Å². The van der Waals surface area contributed by atoms with Gasteiger partial charge < -0.3 is 4.74 Å². The van der Waals surface area contributed by atoms with Gasteiger partial charge in [-0.15, -0.1) is 11.3 Å². The molecular formula is C10H6INOS. The van der Waals surface area contributed by atoms with Crippen molar-refractivity contribution in [1.82, 2.24) is 0 Å². The molecule has 0 bridgehead atoms. The van der Waals surface area contributed by atoms with Crippen molar-refractivity contribution in [1.29, 1.82) is 5.26 Å². The van der Waals surface area contributed by atoms with E-state index in [9.17, 15) is 0 Å². The molecule has 1 aromatic carbocycles. The fourth-order valence-electron chi connectivity index (χ4n) is 1.30. The molecule has 0 aliphatic heterocycles. The molecule has 14 heavy (non-hydrogen) atoms. The summed E-state index contributed by atoms with van der Waals surface area (Å²) in [5, 5.41) is 9.81. The lowest BCUT2D eigenvalue weighted by atomic mass is 10.2. The highest BCUT2D eigenvalue weighted by Crippen LogP contribution is 2.34. The molecular weight excluding hydrogens is 309 g/mol. The van der Waals surface area contributed by atoms with Gasteiger partial charge in [-0.3, -0.25) is 0 Å². The predicted molar refractivity (Wildman–Crippen MR) is 65.8 cm³/mol. The van der Waals surface area contributed by atoms with Crippen LogP contribution in [-0.2, 0) is 0 Å². The molecule has 0 atom stereocenters. The number of rotatable bonds is 1. The van der Waals surface area contributed by atoms with Crippen LogP contribution in [0.4, 0.5) is 0 Å². The minimum atomic E-state index is 0.723. The van der Waals surface area contributed by atoms with Crippen molar-refractivity contribution in [2.24, 2.45) is 0 Å². The molecule has 0 amide bonds. The molecule has 0 unspecified atom stereocenters. The molecule has 2 nitrogen and oxygen atoms in total. The first-order chi connectivity index (χ1) is 6.74. The number of hydrogen-bond acceptors (Lipinski definition) is 3. The van der Waals surface area contributed by atoms with Crippen molar-refractivity contribution in [3.05, 3.63) is 26.6 Å². The van der Waals surface area contributed by atoms with Crippen LogP contribution in [0.5, 0.6) is 5.75 Å². The van der Waals surface area contributed by atoms with E-state index in [1.54, 1.807) is 7.11 Å². The van der Waals surface area contributed by atoms with Crippen molar-refractivity contribution >= 4 is 44.0 Å². The zero-order chi connectivity index (χ0) is 10.1. The van der Waals surface area contributed by atoms with E-state index in [4.69, 9.17) is 10.00 Å². The minimum Gasteiger partial charge on any atom is -0.496 e. The molecule has 4 heteroatoms. The van der Waals surface area contributed by atoms with Crippen LogP contribution in [-0.4, -0.2) is 7.11 Å². The Balaban J connectivity index is 2.79. The van der Waals surface area contributed by atoms with E-state index in [1.807, 2.05) is 12.1 Å². The standard InChI is InChI=1S/C10H6INOS/c1-13-9-2-6(11)3-10-8(9)4-7(5-12)14-10/h2-4H,1H3. The van der Waals surface area contributed by atoms with E-state index in [1.165, 1.54) is 11.3 Å². The Morgan fingerprint density at radius 2 is 2.21 bits per heavy atom. The fourth-order valence-corrected chi connectivity index (χ4v) is 3.02. The Bertz CT molecular complexity index is 527. The molecule has 0 saturated carbocycles. The average Bonchev–Trinajstić information content (AvgIpc) is 2.59. The zero-order valence-electron chi connectivity index (χ0n) is 7.37. The number of thiophene rings is 1. The van der Waals surface area contributed by atoms with Gasteiger partial charge in [-0.25, -0.2) is 0 Å². The zero-order valence-corrected chi connectivity index (χ0v) is 10.3. The summed E-state index contributed by atoms with van der Waals surface area (Å²) in [6.45, 7) is 0. The molecule has 2 aromatic rings. The quantitative estimate of drug-likeness (QED) is 0.756. The Labute approximate surface area is 99.3 Å². The summed E-state index contributed by atoms with van der Waals surface area (Å²) in [5.41, 5.74) is 0. The molecule has 0 spiro atoms. The SMILES string of the molecule is COc1cc(I)cc2sc(C#N)cc12. The maximum Gasteiger partial charge on any atom is 0.128 e. The molecule has 0 radical (unpaired) electrons. The third kappa shape index (κ3) is 1.57. The maximum atomic E-state index is 8.79. The van der Waals surface area contributed by atoms with Crippen LogP contribution >= 0.6 is 33.9 Å². The number of methoxy groups -OCH3 is 1. The molecule has 0 saturated heterocycles. The normalized spacial score (nSPS) is 10.1. The van der Waals surface area contributed by atoms with Crippen LogP contribution in [0.2, 0.25) is 0 Å². The van der Waals surface area contributed by atoms with Crippen LogP contribution in [0.3, 0.4) is 0 Å². The average molecular weight is 315 g/mol. The Kier molecular flexibility index (Phi) is 2.61. The summed E-state index contributed by atoms with van der Waals surface area (Å²) in [7, 11) is 1.65. The first kappa shape index (κ1) is 9.74. The molecule has 1 heterocycles. The number of ether oxygens (including phenoxy) is 1. The lowest BCUT2D eigenvalue weighted by Crippen LogP contribution is -1.83. The number of nitriles is 1. The Morgan fingerprint density at radius 3 is 2.86 bits per heavy atom. The first-order valence-electron chi connectivity index (χ1n) is 3.92. The smallest absolute Gasteiger partial charge is 0.128 e. The highest BCUT2D eigenvalue weighted by Gasteiger charge is 2.07. The highest BCUT2D eigenvalue weighted by atomic mass is 127. The van der Waals surface area contributed by atoms with Crippen LogP contribution in [0.25, 0.3) is 10.1 Å². The fraction of sp³-hybridized carbons (Fsp3) is 0.100. The van der Waals surface area contributed by atoms with E-state index in [0.717, 1.165) is 24.3 Å². The second-order valence-corrected chi connectivity index (χ2v) is 5.07. The number of halogens is 1. The molecule has 0 fully saturated rings. The summed E-state index contributed by atoms with van der Waals surface area (Å²) in [6, 6.07) is 8.05. The summed E-state index contributed by atoms with van der Waals surface area (Å²) < 4.78 is 7.48. The van der Waals surface area contributed by atoms with Crippen molar-refractivity contribution < 1.29 is 4.74 Å². The number of benzene rings is 1. The van der Waals surface area contributed by atoms with E-state index < -0.39 is 0 Å². The van der Waals surface area contributed by atoms with Gasteiger partial charge >= 0.3 is 0 Å². The molecule has 70 valence electrons. The minimum absolute atomic E-state index is 0.723. The van der Waals surface area contributed by atoms with Gasteiger partial charge in [0.2, 0.25) is 0 Å². The van der Waals surface area contributed by atoms with E-state index in [0.29, 0.717) is 0 Å². The highest BCUT2D eigenvalue weighted by molar-refractivity contribution is 14.1. The molecule has 0 aliphatic rings. The predicted octanol–water partition coefficient (Wildman–Crippen LogP) is 3.39. The molecule has 0 aliphatic carbocycles. The molecule has 1 aromatic heterocycles. The molecule has 2 rings (SSSR count). The van der Waals surface area contributed by atoms with Crippen molar-refractivity contribution in [2.45, 2.75) is 0 Å². The van der Waals surface area contributed by atoms with Crippen LogP contribution in [0.15, 0.2) is 18.2 Å². The number of nitrogens with zero attached hydrogens (tertiary/aromatic N) is 1. The van der Waals surface area contributed by atoms with Crippen LogP contribution < -0.4 is 4.74 Å². The van der Waals surface area contributed by atoms with Gasteiger partial charge in [0.15, 0.2) is 0 Å². The second kappa shape index (κ2) is 3.75. The van der Waals surface area contributed by atoms with Crippen LogP contribution in [0.1, 0.15) is 4.88 Å². The lowest BCUT2D eigenvalue weighted by Gasteiger charge is -2.01. The monoisotopic (exact) mass is 315 g/mol. The first-order valence-corrected chi connectivity index (χ1v) is 5.81. The maximum absolute atomic E-state index is 8.79. The third-order valence-electron chi connectivity index (χ3n) is 1.89. The second-order valence-electron chi connectivity index (χ2n) is 2.74. The third-order valence-corrected chi connectivity index (χ3v) is 3.50. The molecule has 0 N–H and O–H groups in total. The Hall–Kier alpha value is -0.800. The topological polar surface area (TPSA) is 33.0 Å². The van der Waals surface area contributed by atoms with Crippen molar-refractivity contribution in [3.63, 3.8) is 0 Å². The summed E-state index contributed by atoms with van der Waals surface area (Å²) in [6.07, 6.45) is 0. The van der Waals surface area contributed by atoms with Gasteiger partial charge in [0.1, 0.15) is 16.7 Å². The largest absolute Gasteiger partial charge is 0.496 e. The van der Waals surface area contributed by atoms with Crippen LogP contribution in [0, 0.1) is 14.9 Å². The summed E-state index contributed by atoms with van der Waals surface area (Å²) in [5.74, 6) is 0.838.